The molecule has 1 heterocycles. The predicted octanol–water partition coefficient (Wildman–Crippen LogP) is 1.02. The van der Waals surface area contributed by atoms with Crippen LogP contribution in [0.25, 0.3) is 0 Å². The number of ether oxygens (including phenoxy) is 1. The SMILES string of the molecule is CC1CN(CCl)C(=O)O1. The number of hydrogen-bond donors (Lipinski definition) is 0. The summed E-state index contributed by atoms with van der Waals surface area (Å²) in [7, 11) is 0. The molecule has 4 heteroatoms. The van der Waals surface area contributed by atoms with Crippen LogP contribution < -0.4 is 0 Å². The summed E-state index contributed by atoms with van der Waals surface area (Å²) in [6.07, 6.45) is -0.311. The zero-order valence-electron chi connectivity index (χ0n) is 5.13. The van der Waals surface area contributed by atoms with Gasteiger partial charge in [-0.05, 0) is 6.92 Å². The van der Waals surface area contributed by atoms with Crippen molar-refractivity contribution in [2.75, 3.05) is 12.5 Å². The highest BCUT2D eigenvalue weighted by molar-refractivity contribution is 6.18. The van der Waals surface area contributed by atoms with Gasteiger partial charge in [0.2, 0.25) is 0 Å². The molecule has 1 fully saturated rings. The number of halogens is 1. The molecule has 1 aliphatic rings. The van der Waals surface area contributed by atoms with Crippen LogP contribution in [0.4, 0.5) is 4.79 Å². The minimum absolute atomic E-state index is 0.00347. The number of carbonyl (C=O) groups is 1. The summed E-state index contributed by atoms with van der Waals surface area (Å²) < 4.78 is 4.77. The Balaban J connectivity index is 2.48. The van der Waals surface area contributed by atoms with Crippen LogP contribution in [0.1, 0.15) is 6.92 Å². The monoisotopic (exact) mass is 149 g/mol. The van der Waals surface area contributed by atoms with Crippen LogP contribution in [0, 0.1) is 0 Å². The van der Waals surface area contributed by atoms with Crippen molar-refractivity contribution in [2.45, 2.75) is 13.0 Å². The van der Waals surface area contributed by atoms with Crippen molar-refractivity contribution in [3.63, 3.8) is 0 Å². The second-order valence-electron chi connectivity index (χ2n) is 2.04. The van der Waals surface area contributed by atoms with Crippen molar-refractivity contribution in [1.29, 1.82) is 0 Å². The second kappa shape index (κ2) is 2.43. The molecular formula is C5H8ClNO2. The molecule has 52 valence electrons. The highest BCUT2D eigenvalue weighted by atomic mass is 35.5. The fraction of sp³-hybridized carbons (Fsp3) is 0.800. The van der Waals surface area contributed by atoms with Crippen LogP contribution in [0.15, 0.2) is 0 Å². The minimum atomic E-state index is -0.308. The number of nitrogens with zero attached hydrogens (tertiary/aromatic N) is 1. The standard InChI is InChI=1S/C5H8ClNO2/c1-4-2-7(3-6)5(8)9-4/h4H,2-3H2,1H3. The van der Waals surface area contributed by atoms with Gasteiger partial charge in [-0.25, -0.2) is 4.79 Å². The van der Waals surface area contributed by atoms with Crippen molar-refractivity contribution >= 4 is 17.7 Å². The third-order valence-electron chi connectivity index (χ3n) is 1.18. The maximum absolute atomic E-state index is 10.6. The molecular weight excluding hydrogens is 142 g/mol. The van der Waals surface area contributed by atoms with E-state index >= 15 is 0 Å². The molecule has 0 radical (unpaired) electrons. The van der Waals surface area contributed by atoms with E-state index in [9.17, 15) is 4.79 Å². The lowest BCUT2D eigenvalue weighted by atomic mass is 10.4. The minimum Gasteiger partial charge on any atom is -0.444 e. The van der Waals surface area contributed by atoms with E-state index in [0.29, 0.717) is 6.54 Å². The van der Waals surface area contributed by atoms with E-state index in [4.69, 9.17) is 16.3 Å². The van der Waals surface area contributed by atoms with Crippen LogP contribution in [0.2, 0.25) is 0 Å². The molecule has 1 unspecified atom stereocenters. The quantitative estimate of drug-likeness (QED) is 0.412. The van der Waals surface area contributed by atoms with Gasteiger partial charge < -0.3 is 4.74 Å². The Bertz CT molecular complexity index is 128. The lowest BCUT2D eigenvalue weighted by molar-refractivity contribution is 0.140. The molecule has 9 heavy (non-hydrogen) atoms. The van der Waals surface area contributed by atoms with Gasteiger partial charge in [0.05, 0.1) is 12.5 Å². The van der Waals surface area contributed by atoms with Gasteiger partial charge in [-0.2, -0.15) is 0 Å². The molecule has 1 rings (SSSR count). The second-order valence-corrected chi connectivity index (χ2v) is 2.28. The van der Waals surface area contributed by atoms with Gasteiger partial charge in [-0.3, -0.25) is 4.90 Å². The lowest BCUT2D eigenvalue weighted by Gasteiger charge is -2.04. The molecule has 1 aliphatic heterocycles. The molecule has 0 aliphatic carbocycles. The average molecular weight is 150 g/mol. The summed E-state index contributed by atoms with van der Waals surface area (Å²) in [5, 5.41) is 0. The first-order valence-corrected chi connectivity index (χ1v) is 3.29. The molecule has 0 saturated carbocycles. The Labute approximate surface area is 58.5 Å². The molecule has 0 aromatic heterocycles. The normalized spacial score (nSPS) is 26.7. The highest BCUT2D eigenvalue weighted by Crippen LogP contribution is 2.09. The Hall–Kier alpha value is -0.440. The largest absolute Gasteiger partial charge is 0.444 e. The topological polar surface area (TPSA) is 29.5 Å². The summed E-state index contributed by atoms with van der Waals surface area (Å²) in [5.74, 6) is 0. The molecule has 1 atom stereocenters. The maximum atomic E-state index is 10.6. The first-order chi connectivity index (χ1) is 4.24. The lowest BCUT2D eigenvalue weighted by Crippen LogP contribution is -2.22. The predicted molar refractivity (Wildman–Crippen MR) is 33.4 cm³/mol. The molecule has 0 spiro atoms. The zero-order valence-corrected chi connectivity index (χ0v) is 5.89. The van der Waals surface area contributed by atoms with Crippen molar-refractivity contribution in [2.24, 2.45) is 0 Å². The molecule has 0 aromatic carbocycles. The van der Waals surface area contributed by atoms with Crippen LogP contribution in [0.5, 0.6) is 0 Å². The van der Waals surface area contributed by atoms with E-state index in [-0.39, 0.29) is 18.2 Å². The van der Waals surface area contributed by atoms with E-state index < -0.39 is 0 Å². The van der Waals surface area contributed by atoms with Gasteiger partial charge in [-0.1, -0.05) is 0 Å². The summed E-state index contributed by atoms with van der Waals surface area (Å²) in [6, 6.07) is 0.225. The highest BCUT2D eigenvalue weighted by Gasteiger charge is 2.26. The molecule has 3 nitrogen and oxygen atoms in total. The summed E-state index contributed by atoms with van der Waals surface area (Å²) >= 11 is 5.39. The van der Waals surface area contributed by atoms with Crippen molar-refractivity contribution in [1.82, 2.24) is 4.90 Å². The maximum Gasteiger partial charge on any atom is 0.411 e. The third-order valence-corrected chi connectivity index (χ3v) is 1.47. The summed E-state index contributed by atoms with van der Waals surface area (Å²) in [6.45, 7) is 2.45. The Morgan fingerprint density at radius 3 is 2.89 bits per heavy atom. The number of rotatable bonds is 1. The molecule has 0 bridgehead atoms. The Morgan fingerprint density at radius 2 is 2.67 bits per heavy atom. The van der Waals surface area contributed by atoms with Crippen molar-refractivity contribution in [3.05, 3.63) is 0 Å². The van der Waals surface area contributed by atoms with Crippen molar-refractivity contribution in [3.8, 4) is 0 Å². The van der Waals surface area contributed by atoms with Gasteiger partial charge in [0.1, 0.15) is 6.10 Å². The summed E-state index contributed by atoms with van der Waals surface area (Å²) in [5.41, 5.74) is 0. The Morgan fingerprint density at radius 1 is 2.00 bits per heavy atom. The van der Waals surface area contributed by atoms with E-state index in [1.165, 1.54) is 4.90 Å². The average Bonchev–Trinajstić information content (AvgIpc) is 2.10. The molecule has 1 saturated heterocycles. The summed E-state index contributed by atoms with van der Waals surface area (Å²) in [4.78, 5) is 12.1. The van der Waals surface area contributed by atoms with E-state index in [2.05, 4.69) is 0 Å². The number of carbonyl (C=O) groups excluding carboxylic acids is 1. The van der Waals surface area contributed by atoms with Gasteiger partial charge in [0.15, 0.2) is 0 Å². The number of cyclic esters (lactones) is 1. The zero-order chi connectivity index (χ0) is 6.85. The van der Waals surface area contributed by atoms with E-state index in [0.717, 1.165) is 0 Å². The van der Waals surface area contributed by atoms with E-state index in [1.807, 2.05) is 6.92 Å². The van der Waals surface area contributed by atoms with Gasteiger partial charge in [0.25, 0.3) is 0 Å². The van der Waals surface area contributed by atoms with Gasteiger partial charge in [0, 0.05) is 0 Å². The van der Waals surface area contributed by atoms with Crippen LogP contribution in [0.3, 0.4) is 0 Å². The molecule has 0 aromatic rings. The van der Waals surface area contributed by atoms with Crippen LogP contribution >= 0.6 is 11.6 Å². The van der Waals surface area contributed by atoms with Crippen LogP contribution in [-0.4, -0.2) is 29.6 Å². The Kier molecular flexibility index (Phi) is 1.81. The fourth-order valence-electron chi connectivity index (χ4n) is 0.766. The van der Waals surface area contributed by atoms with E-state index in [1.54, 1.807) is 0 Å². The molecule has 0 N–H and O–H groups in total. The molecule has 1 amide bonds. The van der Waals surface area contributed by atoms with Gasteiger partial charge in [-0.15, -0.1) is 11.6 Å². The third kappa shape index (κ3) is 1.27. The first-order valence-electron chi connectivity index (χ1n) is 2.75. The number of alkyl halides is 1. The van der Waals surface area contributed by atoms with Crippen molar-refractivity contribution < 1.29 is 9.53 Å². The number of amides is 1. The van der Waals surface area contributed by atoms with Gasteiger partial charge >= 0.3 is 6.09 Å². The first kappa shape index (κ1) is 6.68. The van der Waals surface area contributed by atoms with Crippen LogP contribution in [-0.2, 0) is 4.74 Å². The fourth-order valence-corrected chi connectivity index (χ4v) is 0.962. The number of hydrogen-bond acceptors (Lipinski definition) is 2. The smallest absolute Gasteiger partial charge is 0.411 e.